The minimum absolute atomic E-state index is 0.0234. The second-order valence-corrected chi connectivity index (χ2v) is 4.91. The van der Waals surface area contributed by atoms with E-state index in [-0.39, 0.29) is 18.1 Å². The molecule has 0 radical (unpaired) electrons. The number of aliphatic hydroxyl groups is 1. The number of nitrogens with one attached hydrogen (secondary N) is 2. The summed E-state index contributed by atoms with van der Waals surface area (Å²) in [4.78, 5) is 13.5. The fraction of sp³-hybridized carbons (Fsp3) is 0.909. The Balaban J connectivity index is 2.27. The maximum atomic E-state index is 11.6. The largest absolute Gasteiger partial charge is 0.390 e. The molecule has 0 bridgehead atoms. The van der Waals surface area contributed by atoms with Gasteiger partial charge in [0.1, 0.15) is 0 Å². The zero-order valence-electron chi connectivity index (χ0n) is 10.4. The lowest BCUT2D eigenvalue weighted by molar-refractivity contribution is -0.122. The van der Waals surface area contributed by atoms with E-state index < -0.39 is 0 Å². The van der Waals surface area contributed by atoms with Gasteiger partial charge in [-0.05, 0) is 13.0 Å². The summed E-state index contributed by atoms with van der Waals surface area (Å²) in [6, 6.07) is 0.0461. The summed E-state index contributed by atoms with van der Waals surface area (Å²) in [7, 11) is 1.87. The van der Waals surface area contributed by atoms with Crippen LogP contribution in [0.15, 0.2) is 0 Å². The minimum atomic E-state index is -0.372. The molecule has 1 fully saturated rings. The molecule has 0 spiro atoms. The third-order valence-corrected chi connectivity index (χ3v) is 2.82. The molecule has 2 atom stereocenters. The van der Waals surface area contributed by atoms with E-state index in [4.69, 9.17) is 0 Å². The lowest BCUT2D eigenvalue weighted by Gasteiger charge is -2.25. The van der Waals surface area contributed by atoms with E-state index in [0.29, 0.717) is 25.6 Å². The van der Waals surface area contributed by atoms with Crippen LogP contribution < -0.4 is 10.6 Å². The van der Waals surface area contributed by atoms with Gasteiger partial charge in [0.2, 0.25) is 5.91 Å². The van der Waals surface area contributed by atoms with Gasteiger partial charge >= 0.3 is 0 Å². The highest BCUT2D eigenvalue weighted by Gasteiger charge is 2.29. The number of likely N-dealkylation sites (N-methyl/N-ethyl adjacent to an activating group) is 1. The van der Waals surface area contributed by atoms with Crippen LogP contribution in [0.3, 0.4) is 0 Å². The van der Waals surface area contributed by atoms with E-state index in [1.54, 1.807) is 0 Å². The van der Waals surface area contributed by atoms with E-state index in [9.17, 15) is 9.90 Å². The average Bonchev–Trinajstić information content (AvgIpc) is 2.61. The predicted octanol–water partition coefficient (Wildman–Crippen LogP) is -0.977. The lowest BCUT2D eigenvalue weighted by Crippen LogP contribution is -2.46. The first-order chi connectivity index (χ1) is 7.50. The summed E-state index contributed by atoms with van der Waals surface area (Å²) in [6.07, 6.45) is -0.372. The first-order valence-electron chi connectivity index (χ1n) is 5.86. The van der Waals surface area contributed by atoms with Crippen LogP contribution >= 0.6 is 0 Å². The van der Waals surface area contributed by atoms with E-state index in [2.05, 4.69) is 24.5 Å². The van der Waals surface area contributed by atoms with Gasteiger partial charge in [-0.2, -0.15) is 0 Å². The maximum absolute atomic E-state index is 11.6. The van der Waals surface area contributed by atoms with Gasteiger partial charge in [0.15, 0.2) is 0 Å². The molecule has 5 heteroatoms. The number of β-amino-alcohol motifs (C(OH)–C–C–N with tert-alkyl or cyclic N) is 1. The molecule has 0 aliphatic carbocycles. The van der Waals surface area contributed by atoms with Crippen molar-refractivity contribution >= 4 is 5.91 Å². The van der Waals surface area contributed by atoms with Crippen molar-refractivity contribution in [3.05, 3.63) is 0 Å². The van der Waals surface area contributed by atoms with Crippen LogP contribution in [-0.4, -0.2) is 61.3 Å². The molecule has 1 saturated heterocycles. The Morgan fingerprint density at radius 3 is 2.75 bits per heavy atom. The molecule has 0 aromatic heterocycles. The fourth-order valence-corrected chi connectivity index (χ4v) is 1.82. The third kappa shape index (κ3) is 4.08. The average molecular weight is 229 g/mol. The van der Waals surface area contributed by atoms with Crippen LogP contribution in [0.4, 0.5) is 0 Å². The first-order valence-corrected chi connectivity index (χ1v) is 5.86. The number of carbonyl (C=O) groups excluding carboxylic acids is 1. The monoisotopic (exact) mass is 229 g/mol. The van der Waals surface area contributed by atoms with Crippen molar-refractivity contribution in [2.24, 2.45) is 5.92 Å². The molecule has 3 N–H and O–H groups in total. The summed E-state index contributed by atoms with van der Waals surface area (Å²) < 4.78 is 0. The molecular formula is C11H23N3O2. The summed E-state index contributed by atoms with van der Waals surface area (Å²) in [6.45, 7) is 6.54. The molecule has 1 rings (SSSR count). The van der Waals surface area contributed by atoms with Crippen LogP contribution in [0.25, 0.3) is 0 Å². The number of amides is 1. The Morgan fingerprint density at radius 2 is 2.25 bits per heavy atom. The Kier molecular flexibility index (Phi) is 5.18. The fourth-order valence-electron chi connectivity index (χ4n) is 1.82. The van der Waals surface area contributed by atoms with Gasteiger partial charge in [-0.15, -0.1) is 0 Å². The topological polar surface area (TPSA) is 64.6 Å². The van der Waals surface area contributed by atoms with E-state index in [0.717, 1.165) is 6.54 Å². The number of carbonyl (C=O) groups is 1. The molecule has 1 aliphatic rings. The Hall–Kier alpha value is -0.650. The molecule has 1 aliphatic heterocycles. The van der Waals surface area contributed by atoms with Crippen LogP contribution in [0.5, 0.6) is 0 Å². The standard InChI is InChI=1S/C11H23N3O2/c1-8(2)4-13-11(16)7-14(3)9-5-12-6-10(9)15/h8-10,12,15H,4-7H2,1-3H3,(H,13,16). The number of hydrogen-bond acceptors (Lipinski definition) is 4. The highest BCUT2D eigenvalue weighted by molar-refractivity contribution is 5.78. The molecule has 94 valence electrons. The van der Waals surface area contributed by atoms with Crippen LogP contribution in [0.1, 0.15) is 13.8 Å². The third-order valence-electron chi connectivity index (χ3n) is 2.82. The molecular weight excluding hydrogens is 206 g/mol. The normalized spacial score (nSPS) is 25.4. The van der Waals surface area contributed by atoms with Crippen LogP contribution in [0.2, 0.25) is 0 Å². The van der Waals surface area contributed by atoms with Gasteiger partial charge in [-0.3, -0.25) is 9.69 Å². The van der Waals surface area contributed by atoms with Gasteiger partial charge in [0.25, 0.3) is 0 Å². The van der Waals surface area contributed by atoms with Crippen molar-refractivity contribution < 1.29 is 9.90 Å². The molecule has 0 aromatic rings. The maximum Gasteiger partial charge on any atom is 0.234 e. The first kappa shape index (κ1) is 13.4. The Morgan fingerprint density at radius 1 is 1.56 bits per heavy atom. The molecule has 5 nitrogen and oxygen atoms in total. The van der Waals surface area contributed by atoms with Crippen molar-refractivity contribution in [3.63, 3.8) is 0 Å². The van der Waals surface area contributed by atoms with Crippen molar-refractivity contribution in [2.75, 3.05) is 33.2 Å². The molecule has 16 heavy (non-hydrogen) atoms. The van der Waals surface area contributed by atoms with Crippen molar-refractivity contribution in [1.82, 2.24) is 15.5 Å². The zero-order chi connectivity index (χ0) is 12.1. The Labute approximate surface area is 97.2 Å². The summed E-state index contributed by atoms with van der Waals surface area (Å²) >= 11 is 0. The van der Waals surface area contributed by atoms with E-state index in [1.807, 2.05) is 11.9 Å². The predicted molar refractivity (Wildman–Crippen MR) is 63.1 cm³/mol. The Bertz CT molecular complexity index is 233. The molecule has 0 saturated carbocycles. The highest BCUT2D eigenvalue weighted by atomic mass is 16.3. The number of hydrogen-bond donors (Lipinski definition) is 3. The van der Waals surface area contributed by atoms with Gasteiger partial charge < -0.3 is 15.7 Å². The molecule has 1 amide bonds. The van der Waals surface area contributed by atoms with E-state index >= 15 is 0 Å². The molecule has 2 unspecified atom stereocenters. The molecule has 1 heterocycles. The second kappa shape index (κ2) is 6.18. The van der Waals surface area contributed by atoms with E-state index in [1.165, 1.54) is 0 Å². The number of nitrogens with zero attached hydrogens (tertiary/aromatic N) is 1. The van der Waals surface area contributed by atoms with Crippen LogP contribution in [0, 0.1) is 5.92 Å². The minimum Gasteiger partial charge on any atom is -0.390 e. The van der Waals surface area contributed by atoms with Crippen molar-refractivity contribution in [1.29, 1.82) is 0 Å². The zero-order valence-corrected chi connectivity index (χ0v) is 10.4. The van der Waals surface area contributed by atoms with Gasteiger partial charge in [-0.1, -0.05) is 13.8 Å². The second-order valence-electron chi connectivity index (χ2n) is 4.91. The lowest BCUT2D eigenvalue weighted by atomic mass is 10.2. The molecule has 0 aromatic carbocycles. The number of aliphatic hydroxyl groups excluding tert-OH is 1. The summed E-state index contributed by atoms with van der Waals surface area (Å²) in [5.41, 5.74) is 0. The van der Waals surface area contributed by atoms with Gasteiger partial charge in [0, 0.05) is 25.7 Å². The van der Waals surface area contributed by atoms with Gasteiger partial charge in [-0.25, -0.2) is 0 Å². The van der Waals surface area contributed by atoms with Crippen molar-refractivity contribution in [3.8, 4) is 0 Å². The quantitative estimate of drug-likeness (QED) is 0.567. The van der Waals surface area contributed by atoms with Crippen molar-refractivity contribution in [2.45, 2.75) is 26.0 Å². The summed E-state index contributed by atoms with van der Waals surface area (Å²) in [5.74, 6) is 0.489. The highest BCUT2D eigenvalue weighted by Crippen LogP contribution is 2.06. The smallest absolute Gasteiger partial charge is 0.234 e. The number of rotatable bonds is 5. The summed E-state index contributed by atoms with van der Waals surface area (Å²) in [5, 5.41) is 15.6. The SMILES string of the molecule is CC(C)CNC(=O)CN(C)C1CNCC1O. The van der Waals surface area contributed by atoms with Crippen LogP contribution in [-0.2, 0) is 4.79 Å². The van der Waals surface area contributed by atoms with Gasteiger partial charge in [0.05, 0.1) is 12.6 Å².